The molecule has 0 aliphatic rings. The lowest BCUT2D eigenvalue weighted by molar-refractivity contribution is -0.643. The van der Waals surface area contributed by atoms with Crippen LogP contribution in [0.4, 0.5) is 0 Å². The van der Waals surface area contributed by atoms with E-state index in [9.17, 15) is 0 Å². The number of quaternary nitrogens is 1. The van der Waals surface area contributed by atoms with Gasteiger partial charge in [-0.1, -0.05) is 0 Å². The normalized spacial score (nSPS) is 9.93. The summed E-state index contributed by atoms with van der Waals surface area (Å²) in [6.45, 7) is 3.59. The van der Waals surface area contributed by atoms with Gasteiger partial charge >= 0.3 is 0 Å². The molecule has 78 valence electrons. The van der Waals surface area contributed by atoms with Gasteiger partial charge in [-0.25, -0.2) is 0 Å². The van der Waals surface area contributed by atoms with Crippen molar-refractivity contribution >= 4 is 0 Å². The smallest absolute Gasteiger partial charge is 0.161 e. The SMILES string of the molecule is CCOc1ccc(C[NH2+]C)cc1OC. The molecule has 0 saturated heterocycles. The van der Waals surface area contributed by atoms with Gasteiger partial charge in [-0.2, -0.15) is 0 Å². The van der Waals surface area contributed by atoms with E-state index in [0.717, 1.165) is 18.0 Å². The highest BCUT2D eigenvalue weighted by atomic mass is 16.5. The number of methoxy groups -OCH3 is 1. The number of nitrogens with two attached hydrogens (primary N) is 1. The second kappa shape index (κ2) is 5.50. The molecule has 0 unspecified atom stereocenters. The number of ether oxygens (including phenoxy) is 2. The quantitative estimate of drug-likeness (QED) is 0.755. The first-order chi connectivity index (χ1) is 6.81. The Balaban J connectivity index is 2.87. The summed E-state index contributed by atoms with van der Waals surface area (Å²) in [7, 11) is 3.71. The molecule has 0 fully saturated rings. The summed E-state index contributed by atoms with van der Waals surface area (Å²) in [6.07, 6.45) is 0. The Morgan fingerprint density at radius 3 is 2.64 bits per heavy atom. The van der Waals surface area contributed by atoms with E-state index in [-0.39, 0.29) is 0 Å². The predicted octanol–water partition coefficient (Wildman–Crippen LogP) is 0.787. The van der Waals surface area contributed by atoms with Crippen LogP contribution in [0.15, 0.2) is 18.2 Å². The minimum absolute atomic E-state index is 0.662. The zero-order valence-electron chi connectivity index (χ0n) is 9.04. The van der Waals surface area contributed by atoms with Crippen LogP contribution in [0, 0.1) is 0 Å². The van der Waals surface area contributed by atoms with E-state index in [1.165, 1.54) is 5.56 Å². The lowest BCUT2D eigenvalue weighted by Gasteiger charge is -2.09. The molecule has 14 heavy (non-hydrogen) atoms. The average Bonchev–Trinajstić information content (AvgIpc) is 2.21. The molecule has 1 aromatic carbocycles. The maximum atomic E-state index is 5.43. The molecule has 0 radical (unpaired) electrons. The number of benzene rings is 1. The molecule has 0 aliphatic carbocycles. The second-order valence-corrected chi connectivity index (χ2v) is 3.03. The Bertz CT molecular complexity index is 287. The molecule has 0 saturated carbocycles. The fraction of sp³-hybridized carbons (Fsp3) is 0.455. The molecular weight excluding hydrogens is 178 g/mol. The highest BCUT2D eigenvalue weighted by molar-refractivity contribution is 5.42. The fourth-order valence-corrected chi connectivity index (χ4v) is 1.35. The van der Waals surface area contributed by atoms with Gasteiger partial charge in [0.25, 0.3) is 0 Å². The first-order valence-electron chi connectivity index (χ1n) is 4.89. The van der Waals surface area contributed by atoms with E-state index >= 15 is 0 Å². The third kappa shape index (κ3) is 2.64. The van der Waals surface area contributed by atoms with Crippen LogP contribution >= 0.6 is 0 Å². The summed E-state index contributed by atoms with van der Waals surface area (Å²) >= 11 is 0. The van der Waals surface area contributed by atoms with E-state index in [1.807, 2.05) is 26.1 Å². The van der Waals surface area contributed by atoms with Crippen molar-refractivity contribution < 1.29 is 14.8 Å². The molecule has 1 rings (SSSR count). The van der Waals surface area contributed by atoms with Gasteiger partial charge in [-0.3, -0.25) is 0 Å². The molecule has 0 aromatic heterocycles. The summed E-state index contributed by atoms with van der Waals surface area (Å²) in [5.41, 5.74) is 1.24. The Hall–Kier alpha value is -1.22. The second-order valence-electron chi connectivity index (χ2n) is 3.03. The minimum Gasteiger partial charge on any atom is -0.493 e. The van der Waals surface area contributed by atoms with Crippen LogP contribution in [-0.2, 0) is 6.54 Å². The molecular formula is C11H18NO2+. The van der Waals surface area contributed by atoms with Crippen molar-refractivity contribution in [1.29, 1.82) is 0 Å². The summed E-state index contributed by atoms with van der Waals surface area (Å²) in [5.74, 6) is 1.63. The van der Waals surface area contributed by atoms with Crippen molar-refractivity contribution in [2.45, 2.75) is 13.5 Å². The molecule has 0 amide bonds. The van der Waals surface area contributed by atoms with Crippen molar-refractivity contribution in [1.82, 2.24) is 0 Å². The first kappa shape index (κ1) is 10.9. The maximum absolute atomic E-state index is 5.43. The zero-order chi connectivity index (χ0) is 10.4. The molecule has 0 aliphatic heterocycles. The zero-order valence-corrected chi connectivity index (χ0v) is 9.04. The first-order valence-corrected chi connectivity index (χ1v) is 4.89. The van der Waals surface area contributed by atoms with Crippen molar-refractivity contribution in [2.24, 2.45) is 0 Å². The Morgan fingerprint density at radius 1 is 1.29 bits per heavy atom. The lowest BCUT2D eigenvalue weighted by Crippen LogP contribution is -2.77. The minimum atomic E-state index is 0.662. The van der Waals surface area contributed by atoms with Crippen molar-refractivity contribution in [3.05, 3.63) is 23.8 Å². The van der Waals surface area contributed by atoms with Crippen LogP contribution in [0.3, 0.4) is 0 Å². The molecule has 1 aromatic rings. The maximum Gasteiger partial charge on any atom is 0.161 e. The van der Waals surface area contributed by atoms with E-state index in [4.69, 9.17) is 9.47 Å². The molecule has 0 spiro atoms. The largest absolute Gasteiger partial charge is 0.493 e. The van der Waals surface area contributed by atoms with E-state index in [2.05, 4.69) is 11.4 Å². The summed E-state index contributed by atoms with van der Waals surface area (Å²) < 4.78 is 10.7. The van der Waals surface area contributed by atoms with Gasteiger partial charge in [0.05, 0.1) is 20.8 Å². The molecule has 0 bridgehead atoms. The van der Waals surface area contributed by atoms with Crippen molar-refractivity contribution in [3.8, 4) is 11.5 Å². The van der Waals surface area contributed by atoms with Crippen LogP contribution in [0.2, 0.25) is 0 Å². The monoisotopic (exact) mass is 196 g/mol. The predicted molar refractivity (Wildman–Crippen MR) is 55.7 cm³/mol. The van der Waals surface area contributed by atoms with Gasteiger partial charge in [0.2, 0.25) is 0 Å². The Kier molecular flexibility index (Phi) is 4.26. The van der Waals surface area contributed by atoms with Gasteiger partial charge in [-0.05, 0) is 25.1 Å². The van der Waals surface area contributed by atoms with Gasteiger partial charge in [0.1, 0.15) is 6.54 Å². The third-order valence-corrected chi connectivity index (χ3v) is 1.97. The molecule has 0 heterocycles. The topological polar surface area (TPSA) is 35.1 Å². The van der Waals surface area contributed by atoms with Gasteiger partial charge in [0, 0.05) is 5.56 Å². The van der Waals surface area contributed by atoms with Crippen molar-refractivity contribution in [2.75, 3.05) is 20.8 Å². The Morgan fingerprint density at radius 2 is 2.07 bits per heavy atom. The average molecular weight is 196 g/mol. The van der Waals surface area contributed by atoms with Crippen LogP contribution < -0.4 is 14.8 Å². The van der Waals surface area contributed by atoms with Crippen LogP contribution in [0.5, 0.6) is 11.5 Å². The molecule has 3 nitrogen and oxygen atoms in total. The number of hydrogen-bond acceptors (Lipinski definition) is 2. The summed E-state index contributed by atoms with van der Waals surface area (Å²) in [4.78, 5) is 0. The van der Waals surface area contributed by atoms with E-state index in [1.54, 1.807) is 7.11 Å². The summed E-state index contributed by atoms with van der Waals surface area (Å²) in [6, 6.07) is 6.04. The van der Waals surface area contributed by atoms with Crippen molar-refractivity contribution in [3.63, 3.8) is 0 Å². The van der Waals surface area contributed by atoms with Crippen LogP contribution in [0.25, 0.3) is 0 Å². The molecule has 3 heteroatoms. The van der Waals surface area contributed by atoms with Gasteiger partial charge in [0.15, 0.2) is 11.5 Å². The van der Waals surface area contributed by atoms with E-state index < -0.39 is 0 Å². The molecule has 2 N–H and O–H groups in total. The number of rotatable bonds is 5. The van der Waals surface area contributed by atoms with Gasteiger partial charge in [-0.15, -0.1) is 0 Å². The van der Waals surface area contributed by atoms with Crippen LogP contribution in [-0.4, -0.2) is 20.8 Å². The standard InChI is InChI=1S/C11H17NO2/c1-4-14-10-6-5-9(8-12-2)7-11(10)13-3/h5-7,12H,4,8H2,1-3H3/p+1. The highest BCUT2D eigenvalue weighted by Crippen LogP contribution is 2.27. The molecule has 0 atom stereocenters. The highest BCUT2D eigenvalue weighted by Gasteiger charge is 2.05. The lowest BCUT2D eigenvalue weighted by atomic mass is 10.2. The van der Waals surface area contributed by atoms with E-state index in [0.29, 0.717) is 6.61 Å². The van der Waals surface area contributed by atoms with Gasteiger partial charge < -0.3 is 14.8 Å². The third-order valence-electron chi connectivity index (χ3n) is 1.97. The Labute approximate surface area is 85.0 Å². The fourth-order valence-electron chi connectivity index (χ4n) is 1.35. The van der Waals surface area contributed by atoms with Crippen LogP contribution in [0.1, 0.15) is 12.5 Å². The number of hydrogen-bond donors (Lipinski definition) is 1. The summed E-state index contributed by atoms with van der Waals surface area (Å²) in [5, 5.41) is 2.12.